The van der Waals surface area contributed by atoms with Crippen LogP contribution < -0.4 is 0 Å². The summed E-state index contributed by atoms with van der Waals surface area (Å²) in [6, 6.07) is 27.9. The Hall–Kier alpha value is -3.77. The van der Waals surface area contributed by atoms with E-state index in [-0.39, 0.29) is 5.91 Å². The second kappa shape index (κ2) is 9.79. The lowest BCUT2D eigenvalue weighted by atomic mass is 10.0. The molecule has 3 aromatic carbocycles. The highest BCUT2D eigenvalue weighted by Gasteiger charge is 2.22. The molecule has 1 fully saturated rings. The maximum atomic E-state index is 12.9. The van der Waals surface area contributed by atoms with E-state index >= 15 is 0 Å². The second-order valence-corrected chi connectivity index (χ2v) is 8.19. The minimum Gasteiger partial charge on any atom is -0.421 e. The number of carbonyl (C=O) groups excluding carboxylic acids is 1. The van der Waals surface area contributed by atoms with E-state index in [0.29, 0.717) is 18.2 Å². The molecule has 1 aliphatic rings. The van der Waals surface area contributed by atoms with Crippen LogP contribution in [0.2, 0.25) is 0 Å². The molecule has 0 N–H and O–H groups in total. The third-order valence-corrected chi connectivity index (χ3v) is 6.03. The maximum Gasteiger partial charge on any atom is 0.253 e. The second-order valence-electron chi connectivity index (χ2n) is 8.19. The fourth-order valence-corrected chi connectivity index (χ4v) is 4.10. The van der Waals surface area contributed by atoms with Crippen LogP contribution in [0.5, 0.6) is 0 Å². The Labute approximate surface area is 193 Å². The topological polar surface area (TPSA) is 62.5 Å². The number of amides is 1. The number of hydrogen-bond acceptors (Lipinski definition) is 5. The summed E-state index contributed by atoms with van der Waals surface area (Å²) in [5, 5.41) is 8.34. The smallest absolute Gasteiger partial charge is 0.253 e. The Balaban J connectivity index is 1.11. The van der Waals surface area contributed by atoms with E-state index in [1.807, 2.05) is 77.7 Å². The minimum atomic E-state index is 0.0960. The van der Waals surface area contributed by atoms with Crippen molar-refractivity contribution in [3.8, 4) is 22.6 Å². The highest BCUT2D eigenvalue weighted by molar-refractivity contribution is 5.94. The van der Waals surface area contributed by atoms with E-state index in [2.05, 4.69) is 27.2 Å². The van der Waals surface area contributed by atoms with Gasteiger partial charge in [0, 0.05) is 50.3 Å². The molecule has 6 nitrogen and oxygen atoms in total. The fourth-order valence-electron chi connectivity index (χ4n) is 4.10. The molecule has 0 saturated carbocycles. The van der Waals surface area contributed by atoms with Gasteiger partial charge < -0.3 is 9.32 Å². The van der Waals surface area contributed by atoms with Gasteiger partial charge in [0.05, 0.1) is 0 Å². The first kappa shape index (κ1) is 21.1. The van der Waals surface area contributed by atoms with E-state index < -0.39 is 0 Å². The number of aromatic nitrogens is 2. The summed E-state index contributed by atoms with van der Waals surface area (Å²) in [7, 11) is 0. The van der Waals surface area contributed by atoms with Crippen molar-refractivity contribution in [3.63, 3.8) is 0 Å². The van der Waals surface area contributed by atoms with E-state index in [9.17, 15) is 4.79 Å². The van der Waals surface area contributed by atoms with Crippen molar-refractivity contribution in [1.29, 1.82) is 0 Å². The summed E-state index contributed by atoms with van der Waals surface area (Å²) in [6.07, 6.45) is 0.703. The molecular formula is C27H26N4O2. The predicted molar refractivity (Wildman–Crippen MR) is 128 cm³/mol. The van der Waals surface area contributed by atoms with Crippen LogP contribution in [0.1, 0.15) is 16.2 Å². The van der Waals surface area contributed by atoms with Crippen molar-refractivity contribution >= 4 is 5.91 Å². The van der Waals surface area contributed by atoms with Gasteiger partial charge in [-0.3, -0.25) is 9.69 Å². The Kier molecular flexibility index (Phi) is 6.26. The molecule has 0 bridgehead atoms. The Morgan fingerprint density at radius 3 is 2.00 bits per heavy atom. The summed E-state index contributed by atoms with van der Waals surface area (Å²) in [6.45, 7) is 3.96. The summed E-state index contributed by atoms with van der Waals surface area (Å²) in [5.41, 5.74) is 3.94. The van der Waals surface area contributed by atoms with Crippen LogP contribution in [-0.2, 0) is 6.42 Å². The summed E-state index contributed by atoms with van der Waals surface area (Å²) < 4.78 is 5.81. The first-order valence-corrected chi connectivity index (χ1v) is 11.3. The summed E-state index contributed by atoms with van der Waals surface area (Å²) in [5.74, 6) is 1.30. The highest BCUT2D eigenvalue weighted by Crippen LogP contribution is 2.20. The molecule has 0 radical (unpaired) electrons. The summed E-state index contributed by atoms with van der Waals surface area (Å²) >= 11 is 0. The largest absolute Gasteiger partial charge is 0.421 e. The van der Waals surface area contributed by atoms with Crippen molar-refractivity contribution in [3.05, 3.63) is 96.4 Å². The number of carbonyl (C=O) groups is 1. The van der Waals surface area contributed by atoms with Crippen molar-refractivity contribution in [1.82, 2.24) is 20.0 Å². The molecule has 1 aromatic heterocycles. The first-order valence-electron chi connectivity index (χ1n) is 11.3. The normalized spacial score (nSPS) is 14.4. The van der Waals surface area contributed by atoms with Crippen molar-refractivity contribution < 1.29 is 9.21 Å². The van der Waals surface area contributed by atoms with E-state index in [1.165, 1.54) is 0 Å². The molecule has 1 saturated heterocycles. The lowest BCUT2D eigenvalue weighted by molar-refractivity contribution is 0.0636. The zero-order valence-corrected chi connectivity index (χ0v) is 18.4. The van der Waals surface area contributed by atoms with Gasteiger partial charge in [-0.2, -0.15) is 0 Å². The van der Waals surface area contributed by atoms with Crippen LogP contribution in [0.15, 0.2) is 89.3 Å². The van der Waals surface area contributed by atoms with Gasteiger partial charge in [-0.15, -0.1) is 10.2 Å². The lowest BCUT2D eigenvalue weighted by Gasteiger charge is -2.34. The van der Waals surface area contributed by atoms with Crippen LogP contribution >= 0.6 is 0 Å². The molecular weight excluding hydrogens is 412 g/mol. The van der Waals surface area contributed by atoms with Crippen LogP contribution in [0.25, 0.3) is 22.6 Å². The standard InChI is InChI=1S/C27H26N4O2/c32-27(24-13-11-22(12-14-24)21-7-3-1-4-8-21)31-19-17-30(18-20-31)16-15-25-28-29-26(33-25)23-9-5-2-6-10-23/h1-14H,15-20H2. The highest BCUT2D eigenvalue weighted by atomic mass is 16.4. The van der Waals surface area contributed by atoms with Crippen molar-refractivity contribution in [2.75, 3.05) is 32.7 Å². The van der Waals surface area contributed by atoms with Gasteiger partial charge in [0.2, 0.25) is 11.8 Å². The summed E-state index contributed by atoms with van der Waals surface area (Å²) in [4.78, 5) is 17.2. The molecule has 0 unspecified atom stereocenters. The molecule has 1 aliphatic heterocycles. The number of hydrogen-bond donors (Lipinski definition) is 0. The zero-order chi connectivity index (χ0) is 22.5. The number of rotatable bonds is 6. The SMILES string of the molecule is O=C(c1ccc(-c2ccccc2)cc1)N1CCN(CCc2nnc(-c3ccccc3)o2)CC1. The van der Waals surface area contributed by atoms with E-state index in [1.54, 1.807) is 0 Å². The van der Waals surface area contributed by atoms with Crippen LogP contribution in [-0.4, -0.2) is 58.6 Å². The molecule has 2 heterocycles. The average molecular weight is 439 g/mol. The van der Waals surface area contributed by atoms with Gasteiger partial charge in [0.1, 0.15) is 0 Å². The lowest BCUT2D eigenvalue weighted by Crippen LogP contribution is -2.49. The van der Waals surface area contributed by atoms with Crippen LogP contribution in [0, 0.1) is 0 Å². The average Bonchev–Trinajstić information content (AvgIpc) is 3.38. The van der Waals surface area contributed by atoms with Gasteiger partial charge >= 0.3 is 0 Å². The van der Waals surface area contributed by atoms with Gasteiger partial charge in [0.25, 0.3) is 5.91 Å². The molecule has 1 amide bonds. The number of piperazine rings is 1. The number of nitrogens with zero attached hydrogens (tertiary/aromatic N) is 4. The van der Waals surface area contributed by atoms with Crippen LogP contribution in [0.3, 0.4) is 0 Å². The molecule has 0 atom stereocenters. The van der Waals surface area contributed by atoms with E-state index in [4.69, 9.17) is 4.42 Å². The predicted octanol–water partition coefficient (Wildman–Crippen LogP) is 4.40. The van der Waals surface area contributed by atoms with Crippen molar-refractivity contribution in [2.45, 2.75) is 6.42 Å². The van der Waals surface area contributed by atoms with Gasteiger partial charge in [-0.25, -0.2) is 0 Å². The van der Waals surface area contributed by atoms with Crippen molar-refractivity contribution in [2.24, 2.45) is 0 Å². The Morgan fingerprint density at radius 2 is 1.33 bits per heavy atom. The molecule has 0 spiro atoms. The molecule has 4 aromatic rings. The monoisotopic (exact) mass is 438 g/mol. The Bertz CT molecular complexity index is 1180. The molecule has 0 aliphatic carbocycles. The van der Waals surface area contributed by atoms with Crippen LogP contribution in [0.4, 0.5) is 0 Å². The zero-order valence-electron chi connectivity index (χ0n) is 18.4. The fraction of sp³-hybridized carbons (Fsp3) is 0.222. The van der Waals surface area contributed by atoms with Gasteiger partial charge in [-0.05, 0) is 35.4 Å². The molecule has 166 valence electrons. The van der Waals surface area contributed by atoms with Gasteiger partial charge in [-0.1, -0.05) is 60.7 Å². The molecule has 5 rings (SSSR count). The minimum absolute atomic E-state index is 0.0960. The Morgan fingerprint density at radius 1 is 0.727 bits per heavy atom. The quantitative estimate of drug-likeness (QED) is 0.446. The molecule has 6 heteroatoms. The van der Waals surface area contributed by atoms with Gasteiger partial charge in [0.15, 0.2) is 0 Å². The molecule has 33 heavy (non-hydrogen) atoms. The number of benzene rings is 3. The maximum absolute atomic E-state index is 12.9. The first-order chi connectivity index (χ1) is 16.3. The third-order valence-electron chi connectivity index (χ3n) is 6.03. The third kappa shape index (κ3) is 5.02. The van der Waals surface area contributed by atoms with E-state index in [0.717, 1.165) is 55.0 Å².